The van der Waals surface area contributed by atoms with E-state index in [1.54, 1.807) is 0 Å². The SMILES string of the molecule is O=C(NC1CCN(C(=S)N[C@H]2C[C@H]3CC[C@H]2C3)CC1)c1cccs1. The first-order chi connectivity index (χ1) is 11.7. The number of nitrogens with one attached hydrogen (secondary N) is 2. The molecule has 2 bridgehead atoms. The number of thiophene rings is 1. The van der Waals surface area contributed by atoms with Crippen molar-refractivity contribution in [2.45, 2.75) is 50.6 Å². The first-order valence-corrected chi connectivity index (χ1v) is 10.4. The largest absolute Gasteiger partial charge is 0.360 e. The van der Waals surface area contributed by atoms with Crippen LogP contribution in [-0.4, -0.2) is 41.1 Å². The molecule has 3 aliphatic rings. The number of thiocarbonyl (C=S) groups is 1. The van der Waals surface area contributed by atoms with Gasteiger partial charge in [-0.25, -0.2) is 0 Å². The number of rotatable bonds is 3. The third-order valence-electron chi connectivity index (χ3n) is 5.91. The van der Waals surface area contributed by atoms with Gasteiger partial charge in [-0.05, 0) is 67.6 Å². The first kappa shape index (κ1) is 16.3. The maximum atomic E-state index is 12.1. The Bertz CT molecular complexity index is 595. The van der Waals surface area contributed by atoms with Gasteiger partial charge in [0, 0.05) is 25.2 Å². The van der Waals surface area contributed by atoms with Crippen molar-refractivity contribution in [3.63, 3.8) is 0 Å². The monoisotopic (exact) mass is 363 g/mol. The lowest BCUT2D eigenvalue weighted by molar-refractivity contribution is 0.0926. The summed E-state index contributed by atoms with van der Waals surface area (Å²) in [5.74, 6) is 1.84. The van der Waals surface area contributed by atoms with E-state index in [2.05, 4.69) is 15.5 Å². The van der Waals surface area contributed by atoms with Gasteiger partial charge in [-0.1, -0.05) is 12.5 Å². The number of carbonyl (C=O) groups excluding carboxylic acids is 1. The summed E-state index contributed by atoms with van der Waals surface area (Å²) in [6.07, 6.45) is 7.44. The fourth-order valence-electron chi connectivity index (χ4n) is 4.56. The van der Waals surface area contributed by atoms with Crippen LogP contribution in [0.4, 0.5) is 0 Å². The van der Waals surface area contributed by atoms with Gasteiger partial charge in [-0.3, -0.25) is 4.79 Å². The Labute approximate surface area is 153 Å². The Morgan fingerprint density at radius 1 is 1.17 bits per heavy atom. The number of fused-ring (bicyclic) bond motifs is 2. The van der Waals surface area contributed by atoms with Gasteiger partial charge < -0.3 is 15.5 Å². The van der Waals surface area contributed by atoms with E-state index >= 15 is 0 Å². The van der Waals surface area contributed by atoms with Crippen molar-refractivity contribution in [2.24, 2.45) is 11.8 Å². The number of carbonyl (C=O) groups is 1. The predicted octanol–water partition coefficient (Wildman–Crippen LogP) is 3.01. The molecule has 2 saturated carbocycles. The molecule has 6 heteroatoms. The molecule has 2 heterocycles. The van der Waals surface area contributed by atoms with Crippen LogP contribution in [0.2, 0.25) is 0 Å². The molecule has 1 amide bonds. The van der Waals surface area contributed by atoms with Crippen LogP contribution in [0.25, 0.3) is 0 Å². The third kappa shape index (κ3) is 3.45. The van der Waals surface area contributed by atoms with Gasteiger partial charge in [-0.2, -0.15) is 0 Å². The van der Waals surface area contributed by atoms with E-state index in [0.29, 0.717) is 6.04 Å². The summed E-state index contributed by atoms with van der Waals surface area (Å²) in [4.78, 5) is 15.2. The standard InChI is InChI=1S/C18H25N3OS2/c22-17(16-2-1-9-24-16)19-14-5-7-21(8-6-14)18(23)20-15-11-12-3-4-13(15)10-12/h1-2,9,12-15H,3-8,10-11H2,(H,19,22)(H,20,23)/t12-,13-,15-/m0/s1. The van der Waals surface area contributed by atoms with Crippen molar-refractivity contribution in [3.8, 4) is 0 Å². The zero-order chi connectivity index (χ0) is 16.5. The van der Waals surface area contributed by atoms with Crippen molar-refractivity contribution in [2.75, 3.05) is 13.1 Å². The molecular weight excluding hydrogens is 338 g/mol. The Kier molecular flexibility index (Phi) is 4.77. The van der Waals surface area contributed by atoms with Crippen LogP contribution >= 0.6 is 23.6 Å². The van der Waals surface area contributed by atoms with E-state index in [0.717, 1.165) is 47.8 Å². The van der Waals surface area contributed by atoms with Gasteiger partial charge in [0.25, 0.3) is 5.91 Å². The molecule has 24 heavy (non-hydrogen) atoms. The molecule has 0 aromatic carbocycles. The quantitative estimate of drug-likeness (QED) is 0.811. The molecule has 1 saturated heterocycles. The summed E-state index contributed by atoms with van der Waals surface area (Å²) < 4.78 is 0. The van der Waals surface area contributed by atoms with Crippen molar-refractivity contribution < 1.29 is 4.79 Å². The van der Waals surface area contributed by atoms with Crippen molar-refractivity contribution >= 4 is 34.6 Å². The molecule has 1 aromatic rings. The van der Waals surface area contributed by atoms with E-state index in [1.165, 1.54) is 37.0 Å². The number of amides is 1. The molecule has 3 fully saturated rings. The van der Waals surface area contributed by atoms with Crippen LogP contribution in [-0.2, 0) is 0 Å². The van der Waals surface area contributed by atoms with E-state index in [1.807, 2.05) is 17.5 Å². The molecule has 0 unspecified atom stereocenters. The summed E-state index contributed by atoms with van der Waals surface area (Å²) in [5.41, 5.74) is 0. The number of piperidine rings is 1. The van der Waals surface area contributed by atoms with Crippen LogP contribution < -0.4 is 10.6 Å². The van der Waals surface area contributed by atoms with Gasteiger partial charge >= 0.3 is 0 Å². The predicted molar refractivity (Wildman–Crippen MR) is 101 cm³/mol. The highest BCUT2D eigenvalue weighted by Crippen LogP contribution is 2.44. The average molecular weight is 364 g/mol. The second-order valence-corrected chi connectivity index (χ2v) is 8.78. The summed E-state index contributed by atoms with van der Waals surface area (Å²) in [6, 6.07) is 4.67. The summed E-state index contributed by atoms with van der Waals surface area (Å²) in [5, 5.41) is 9.65. The molecule has 0 radical (unpaired) electrons. The lowest BCUT2D eigenvalue weighted by Crippen LogP contribution is -2.51. The van der Waals surface area contributed by atoms with Crippen molar-refractivity contribution in [1.82, 2.24) is 15.5 Å². The smallest absolute Gasteiger partial charge is 0.261 e. The summed E-state index contributed by atoms with van der Waals surface area (Å²) >= 11 is 7.14. The highest BCUT2D eigenvalue weighted by Gasteiger charge is 2.40. The first-order valence-electron chi connectivity index (χ1n) is 9.09. The van der Waals surface area contributed by atoms with Gasteiger partial charge in [0.15, 0.2) is 5.11 Å². The fraction of sp³-hybridized carbons (Fsp3) is 0.667. The second-order valence-electron chi connectivity index (χ2n) is 7.44. The number of hydrogen-bond acceptors (Lipinski definition) is 3. The number of nitrogens with zero attached hydrogens (tertiary/aromatic N) is 1. The Hall–Kier alpha value is -1.14. The zero-order valence-corrected chi connectivity index (χ0v) is 15.5. The Balaban J connectivity index is 1.22. The number of likely N-dealkylation sites (tertiary alicyclic amines) is 1. The number of hydrogen-bond donors (Lipinski definition) is 2. The normalized spacial score (nSPS) is 29.7. The van der Waals surface area contributed by atoms with E-state index in [-0.39, 0.29) is 11.9 Å². The maximum absolute atomic E-state index is 12.1. The van der Waals surface area contributed by atoms with Crippen molar-refractivity contribution in [3.05, 3.63) is 22.4 Å². The van der Waals surface area contributed by atoms with Gasteiger partial charge in [0.2, 0.25) is 0 Å². The Morgan fingerprint density at radius 3 is 2.62 bits per heavy atom. The molecule has 1 aromatic heterocycles. The van der Waals surface area contributed by atoms with Gasteiger partial charge in [-0.15, -0.1) is 11.3 Å². The minimum atomic E-state index is 0.0612. The van der Waals surface area contributed by atoms with E-state index < -0.39 is 0 Å². The highest BCUT2D eigenvalue weighted by molar-refractivity contribution is 7.80. The molecule has 2 N–H and O–H groups in total. The minimum Gasteiger partial charge on any atom is -0.360 e. The van der Waals surface area contributed by atoms with Crippen LogP contribution in [0, 0.1) is 11.8 Å². The average Bonchev–Trinajstić information content (AvgIpc) is 3.33. The van der Waals surface area contributed by atoms with Crippen molar-refractivity contribution in [1.29, 1.82) is 0 Å². The lowest BCUT2D eigenvalue weighted by Gasteiger charge is -2.36. The molecule has 4 nitrogen and oxygen atoms in total. The molecular formula is C18H25N3OS2. The van der Waals surface area contributed by atoms with Crippen LogP contribution in [0.3, 0.4) is 0 Å². The highest BCUT2D eigenvalue weighted by atomic mass is 32.1. The molecule has 4 rings (SSSR count). The molecule has 130 valence electrons. The zero-order valence-electron chi connectivity index (χ0n) is 13.9. The molecule has 1 aliphatic heterocycles. The summed E-state index contributed by atoms with van der Waals surface area (Å²) in [6.45, 7) is 1.87. The maximum Gasteiger partial charge on any atom is 0.261 e. The Morgan fingerprint density at radius 2 is 2.00 bits per heavy atom. The third-order valence-corrected chi connectivity index (χ3v) is 7.15. The van der Waals surface area contributed by atoms with Gasteiger partial charge in [0.1, 0.15) is 0 Å². The molecule has 3 atom stereocenters. The topological polar surface area (TPSA) is 44.4 Å². The molecule has 2 aliphatic carbocycles. The van der Waals surface area contributed by atoms with Crippen LogP contribution in [0.5, 0.6) is 0 Å². The fourth-order valence-corrected chi connectivity index (χ4v) is 5.52. The van der Waals surface area contributed by atoms with Gasteiger partial charge in [0.05, 0.1) is 4.88 Å². The van der Waals surface area contributed by atoms with Crippen LogP contribution in [0.15, 0.2) is 17.5 Å². The summed E-state index contributed by atoms with van der Waals surface area (Å²) in [7, 11) is 0. The van der Waals surface area contributed by atoms with E-state index in [9.17, 15) is 4.79 Å². The second kappa shape index (κ2) is 7.00. The minimum absolute atomic E-state index is 0.0612. The molecule has 0 spiro atoms. The lowest BCUT2D eigenvalue weighted by atomic mass is 9.95. The van der Waals surface area contributed by atoms with E-state index in [4.69, 9.17) is 12.2 Å². The van der Waals surface area contributed by atoms with Crippen LogP contribution in [0.1, 0.15) is 48.2 Å².